The first kappa shape index (κ1) is 13.1. The van der Waals surface area contributed by atoms with Crippen molar-refractivity contribution in [2.45, 2.75) is 32.9 Å². The minimum atomic E-state index is 0.160. The van der Waals surface area contributed by atoms with Crippen LogP contribution >= 0.6 is 11.3 Å². The van der Waals surface area contributed by atoms with Crippen LogP contribution in [0.5, 0.6) is 5.75 Å². The van der Waals surface area contributed by atoms with E-state index in [1.807, 2.05) is 25.1 Å². The van der Waals surface area contributed by atoms with Crippen molar-refractivity contribution in [3.05, 3.63) is 45.9 Å². The number of hydrogen-bond donors (Lipinski definition) is 2. The average molecular weight is 262 g/mol. The van der Waals surface area contributed by atoms with Crippen LogP contribution in [0.1, 0.15) is 35.7 Å². The third kappa shape index (κ3) is 3.09. The Morgan fingerprint density at radius 1 is 1.39 bits per heavy atom. The Bertz CT molecular complexity index is 510. The molecule has 0 saturated heterocycles. The van der Waals surface area contributed by atoms with E-state index < -0.39 is 0 Å². The van der Waals surface area contributed by atoms with Crippen LogP contribution in [-0.4, -0.2) is 10.1 Å². The molecular formula is C14H18N2OS. The van der Waals surface area contributed by atoms with E-state index in [-0.39, 0.29) is 6.04 Å². The molecule has 0 amide bonds. The number of nitrogens with zero attached hydrogens (tertiary/aromatic N) is 1. The van der Waals surface area contributed by atoms with Gasteiger partial charge in [-0.1, -0.05) is 25.1 Å². The van der Waals surface area contributed by atoms with Gasteiger partial charge in [0.1, 0.15) is 5.75 Å². The van der Waals surface area contributed by atoms with Gasteiger partial charge in [0.2, 0.25) is 0 Å². The van der Waals surface area contributed by atoms with Crippen molar-refractivity contribution in [1.29, 1.82) is 0 Å². The van der Waals surface area contributed by atoms with E-state index in [2.05, 4.69) is 22.6 Å². The summed E-state index contributed by atoms with van der Waals surface area (Å²) < 4.78 is 0. The summed E-state index contributed by atoms with van der Waals surface area (Å²) in [5.41, 5.74) is 2.01. The fourth-order valence-corrected chi connectivity index (χ4v) is 2.59. The van der Waals surface area contributed by atoms with E-state index in [0.717, 1.165) is 29.2 Å². The fourth-order valence-electron chi connectivity index (χ4n) is 1.97. The van der Waals surface area contributed by atoms with E-state index in [1.165, 1.54) is 0 Å². The van der Waals surface area contributed by atoms with Crippen LogP contribution in [-0.2, 0) is 6.54 Å². The quantitative estimate of drug-likeness (QED) is 0.868. The van der Waals surface area contributed by atoms with Crippen molar-refractivity contribution in [3.63, 3.8) is 0 Å². The molecule has 2 rings (SSSR count). The summed E-state index contributed by atoms with van der Waals surface area (Å²) in [5.74, 6) is 0.353. The van der Waals surface area contributed by atoms with Crippen molar-refractivity contribution in [3.8, 4) is 5.75 Å². The molecule has 1 aromatic heterocycles. The first-order valence-corrected chi connectivity index (χ1v) is 7.01. The number of aromatic nitrogens is 1. The van der Waals surface area contributed by atoms with Crippen LogP contribution in [0.15, 0.2) is 29.6 Å². The van der Waals surface area contributed by atoms with Gasteiger partial charge < -0.3 is 10.4 Å². The number of thiazole rings is 1. The zero-order valence-electron chi connectivity index (χ0n) is 10.7. The van der Waals surface area contributed by atoms with Crippen molar-refractivity contribution in [2.24, 2.45) is 0 Å². The van der Waals surface area contributed by atoms with E-state index >= 15 is 0 Å². The predicted octanol–water partition coefficient (Wildman–Crippen LogP) is 3.40. The molecule has 0 aliphatic heterocycles. The van der Waals surface area contributed by atoms with Crippen molar-refractivity contribution in [2.75, 3.05) is 0 Å². The zero-order valence-corrected chi connectivity index (χ0v) is 11.5. The Labute approximate surface area is 112 Å². The number of nitrogens with one attached hydrogen (secondary N) is 1. The number of hydrogen-bond acceptors (Lipinski definition) is 4. The Balaban J connectivity index is 2.04. The van der Waals surface area contributed by atoms with Crippen LogP contribution in [0.3, 0.4) is 0 Å². The molecule has 0 bridgehead atoms. The third-order valence-corrected chi connectivity index (χ3v) is 3.74. The number of rotatable bonds is 5. The topological polar surface area (TPSA) is 45.2 Å². The first-order valence-electron chi connectivity index (χ1n) is 6.13. The minimum Gasteiger partial charge on any atom is -0.508 e. The second kappa shape index (κ2) is 5.98. The molecule has 1 aromatic carbocycles. The second-order valence-corrected chi connectivity index (χ2v) is 5.32. The highest BCUT2D eigenvalue weighted by atomic mass is 32.1. The summed E-state index contributed by atoms with van der Waals surface area (Å²) >= 11 is 1.66. The molecule has 0 radical (unpaired) electrons. The summed E-state index contributed by atoms with van der Waals surface area (Å²) in [6.45, 7) is 4.85. The van der Waals surface area contributed by atoms with Gasteiger partial charge in [0.05, 0.1) is 10.7 Å². The monoisotopic (exact) mass is 262 g/mol. The maximum atomic E-state index is 9.86. The molecule has 0 spiro atoms. The highest BCUT2D eigenvalue weighted by molar-refractivity contribution is 7.09. The molecule has 0 fully saturated rings. The Morgan fingerprint density at radius 3 is 2.78 bits per heavy atom. The highest BCUT2D eigenvalue weighted by Gasteiger charge is 2.12. The highest BCUT2D eigenvalue weighted by Crippen LogP contribution is 2.26. The second-order valence-electron chi connectivity index (χ2n) is 4.26. The first-order chi connectivity index (χ1) is 8.70. The summed E-state index contributed by atoms with van der Waals surface area (Å²) in [4.78, 5) is 4.43. The zero-order chi connectivity index (χ0) is 13.0. The standard InChI is InChI=1S/C14H18N2OS/c1-3-13(12-6-4-5-7-14(12)17)15-8-11-9-18-10(2)16-11/h4-7,9,13,15,17H,3,8H2,1-2H3. The summed E-state index contributed by atoms with van der Waals surface area (Å²) in [7, 11) is 0. The predicted molar refractivity (Wildman–Crippen MR) is 74.8 cm³/mol. The number of benzene rings is 1. The van der Waals surface area contributed by atoms with Gasteiger partial charge in [-0.05, 0) is 19.4 Å². The summed E-state index contributed by atoms with van der Waals surface area (Å²) in [5, 5.41) is 16.5. The Hall–Kier alpha value is -1.39. The van der Waals surface area contributed by atoms with Gasteiger partial charge in [-0.2, -0.15) is 0 Å². The minimum absolute atomic E-state index is 0.160. The lowest BCUT2D eigenvalue weighted by Gasteiger charge is -2.17. The number of para-hydroxylation sites is 1. The van der Waals surface area contributed by atoms with E-state index in [0.29, 0.717) is 5.75 Å². The average Bonchev–Trinajstić information content (AvgIpc) is 2.78. The largest absolute Gasteiger partial charge is 0.508 e. The third-order valence-electron chi connectivity index (χ3n) is 2.92. The van der Waals surface area contributed by atoms with Gasteiger partial charge in [0.25, 0.3) is 0 Å². The molecular weight excluding hydrogens is 244 g/mol. The van der Waals surface area contributed by atoms with Crippen molar-refractivity contribution >= 4 is 11.3 Å². The maximum absolute atomic E-state index is 9.86. The summed E-state index contributed by atoms with van der Waals surface area (Å²) in [6.07, 6.45) is 0.931. The van der Waals surface area contributed by atoms with E-state index in [1.54, 1.807) is 17.4 Å². The maximum Gasteiger partial charge on any atom is 0.120 e. The lowest BCUT2D eigenvalue weighted by Crippen LogP contribution is -2.20. The van der Waals surface area contributed by atoms with Crippen molar-refractivity contribution < 1.29 is 5.11 Å². The van der Waals surface area contributed by atoms with Crippen molar-refractivity contribution in [1.82, 2.24) is 10.3 Å². The molecule has 1 atom stereocenters. The molecule has 1 unspecified atom stereocenters. The SMILES string of the molecule is CCC(NCc1csc(C)n1)c1ccccc1O. The number of phenolic OH excluding ortho intramolecular Hbond substituents is 1. The molecule has 4 heteroatoms. The molecule has 3 nitrogen and oxygen atoms in total. The van der Waals surface area contributed by atoms with Crippen LogP contribution < -0.4 is 5.32 Å². The van der Waals surface area contributed by atoms with Gasteiger partial charge in [-0.25, -0.2) is 4.98 Å². The Morgan fingerprint density at radius 2 is 2.17 bits per heavy atom. The molecule has 96 valence electrons. The van der Waals surface area contributed by atoms with Gasteiger partial charge >= 0.3 is 0 Å². The van der Waals surface area contributed by atoms with Gasteiger partial charge in [0, 0.05) is 23.5 Å². The molecule has 0 aliphatic carbocycles. The number of aryl methyl sites for hydroxylation is 1. The summed E-state index contributed by atoms with van der Waals surface area (Å²) in [6, 6.07) is 7.64. The van der Waals surface area contributed by atoms with Crippen LogP contribution in [0.4, 0.5) is 0 Å². The fraction of sp³-hybridized carbons (Fsp3) is 0.357. The Kier molecular flexibility index (Phi) is 4.33. The molecule has 18 heavy (non-hydrogen) atoms. The van der Waals surface area contributed by atoms with Crippen LogP contribution in [0.25, 0.3) is 0 Å². The number of aromatic hydroxyl groups is 1. The van der Waals surface area contributed by atoms with Gasteiger partial charge in [-0.3, -0.25) is 0 Å². The van der Waals surface area contributed by atoms with Gasteiger partial charge in [-0.15, -0.1) is 11.3 Å². The molecule has 1 heterocycles. The van der Waals surface area contributed by atoms with Gasteiger partial charge in [0.15, 0.2) is 0 Å². The van der Waals surface area contributed by atoms with E-state index in [9.17, 15) is 5.11 Å². The normalized spacial score (nSPS) is 12.6. The van der Waals surface area contributed by atoms with Crippen LogP contribution in [0.2, 0.25) is 0 Å². The van der Waals surface area contributed by atoms with E-state index in [4.69, 9.17) is 0 Å². The molecule has 2 aromatic rings. The lowest BCUT2D eigenvalue weighted by molar-refractivity contribution is 0.440. The van der Waals surface area contributed by atoms with Crippen LogP contribution in [0, 0.1) is 6.92 Å². The smallest absolute Gasteiger partial charge is 0.120 e. The number of phenols is 1. The molecule has 0 aliphatic rings. The molecule has 0 saturated carbocycles. The molecule has 2 N–H and O–H groups in total. The lowest BCUT2D eigenvalue weighted by atomic mass is 10.0.